The minimum absolute atomic E-state index is 0.0962. The number of hydrogen-bond acceptors (Lipinski definition) is 3. The standard InChI is InChI=1S/C19H22O3/c1-5-19(3,15-6-10-17(21-4)11-7-15)16-8-12-18(13-9-16)22-14(2)20/h6-13H,5H2,1-4H3. The van der Waals surface area contributed by atoms with Gasteiger partial charge in [-0.3, -0.25) is 4.79 Å². The molecule has 0 fully saturated rings. The van der Waals surface area contributed by atoms with Crippen LogP contribution in [0, 0.1) is 0 Å². The maximum atomic E-state index is 11.0. The molecular formula is C19H22O3. The Bertz CT molecular complexity index is 629. The van der Waals surface area contributed by atoms with Gasteiger partial charge in [0, 0.05) is 12.3 Å². The summed E-state index contributed by atoms with van der Waals surface area (Å²) in [5, 5.41) is 0. The summed E-state index contributed by atoms with van der Waals surface area (Å²) in [4.78, 5) is 11.0. The summed E-state index contributed by atoms with van der Waals surface area (Å²) in [6.45, 7) is 5.79. The van der Waals surface area contributed by atoms with Crippen LogP contribution >= 0.6 is 0 Å². The lowest BCUT2D eigenvalue weighted by Gasteiger charge is -2.30. The van der Waals surface area contributed by atoms with Crippen molar-refractivity contribution >= 4 is 5.97 Å². The number of carbonyl (C=O) groups is 1. The second kappa shape index (κ2) is 6.65. The van der Waals surface area contributed by atoms with E-state index in [1.165, 1.54) is 18.1 Å². The third-order valence-corrected chi connectivity index (χ3v) is 4.19. The predicted octanol–water partition coefficient (Wildman–Crippen LogP) is 4.34. The zero-order chi connectivity index (χ0) is 16.2. The number of carbonyl (C=O) groups excluding carboxylic acids is 1. The Hall–Kier alpha value is -2.29. The number of rotatable bonds is 5. The van der Waals surface area contributed by atoms with Crippen LogP contribution in [0.25, 0.3) is 0 Å². The first kappa shape index (κ1) is 16.1. The van der Waals surface area contributed by atoms with Gasteiger partial charge in [-0.05, 0) is 41.8 Å². The summed E-state index contributed by atoms with van der Waals surface area (Å²) in [5.74, 6) is 1.12. The monoisotopic (exact) mass is 298 g/mol. The zero-order valence-electron chi connectivity index (χ0n) is 13.6. The molecule has 2 aromatic carbocycles. The summed E-state index contributed by atoms with van der Waals surface area (Å²) in [7, 11) is 1.67. The highest BCUT2D eigenvalue weighted by atomic mass is 16.5. The van der Waals surface area contributed by atoms with Gasteiger partial charge in [0.2, 0.25) is 0 Å². The first-order valence-electron chi connectivity index (χ1n) is 7.43. The van der Waals surface area contributed by atoms with Crippen LogP contribution in [-0.2, 0) is 10.2 Å². The van der Waals surface area contributed by atoms with E-state index in [9.17, 15) is 4.79 Å². The number of benzene rings is 2. The van der Waals surface area contributed by atoms with Crippen molar-refractivity contribution < 1.29 is 14.3 Å². The summed E-state index contributed by atoms with van der Waals surface area (Å²) < 4.78 is 10.3. The lowest BCUT2D eigenvalue weighted by molar-refractivity contribution is -0.131. The van der Waals surface area contributed by atoms with Crippen molar-refractivity contribution in [2.24, 2.45) is 0 Å². The molecule has 0 N–H and O–H groups in total. The summed E-state index contributed by atoms with van der Waals surface area (Å²) >= 11 is 0. The summed E-state index contributed by atoms with van der Waals surface area (Å²) in [6, 6.07) is 15.9. The average Bonchev–Trinajstić information content (AvgIpc) is 2.54. The van der Waals surface area contributed by atoms with Gasteiger partial charge in [0.15, 0.2) is 0 Å². The van der Waals surface area contributed by atoms with Crippen molar-refractivity contribution in [1.82, 2.24) is 0 Å². The topological polar surface area (TPSA) is 35.5 Å². The summed E-state index contributed by atoms with van der Waals surface area (Å²) in [6.07, 6.45) is 0.965. The maximum Gasteiger partial charge on any atom is 0.308 e. The molecule has 0 aliphatic rings. The largest absolute Gasteiger partial charge is 0.497 e. The van der Waals surface area contributed by atoms with E-state index < -0.39 is 0 Å². The molecule has 2 aromatic rings. The second-order valence-corrected chi connectivity index (χ2v) is 5.53. The van der Waals surface area contributed by atoms with Gasteiger partial charge in [0.25, 0.3) is 0 Å². The van der Waals surface area contributed by atoms with E-state index in [0.29, 0.717) is 5.75 Å². The van der Waals surface area contributed by atoms with Crippen molar-refractivity contribution in [2.75, 3.05) is 7.11 Å². The smallest absolute Gasteiger partial charge is 0.308 e. The number of hydrogen-bond donors (Lipinski definition) is 0. The molecule has 1 atom stereocenters. The predicted molar refractivity (Wildman–Crippen MR) is 87.5 cm³/mol. The van der Waals surface area contributed by atoms with Crippen molar-refractivity contribution in [3.05, 3.63) is 59.7 Å². The lowest BCUT2D eigenvalue weighted by atomic mass is 9.74. The number of methoxy groups -OCH3 is 1. The van der Waals surface area contributed by atoms with Gasteiger partial charge in [-0.1, -0.05) is 38.1 Å². The maximum absolute atomic E-state index is 11.0. The molecule has 22 heavy (non-hydrogen) atoms. The van der Waals surface area contributed by atoms with Crippen LogP contribution in [0.1, 0.15) is 38.3 Å². The molecule has 116 valence electrons. The highest BCUT2D eigenvalue weighted by Crippen LogP contribution is 2.36. The molecular weight excluding hydrogens is 276 g/mol. The molecule has 0 saturated carbocycles. The first-order chi connectivity index (χ1) is 10.5. The van der Waals surface area contributed by atoms with Gasteiger partial charge in [0.05, 0.1) is 7.11 Å². The molecule has 0 spiro atoms. The van der Waals surface area contributed by atoms with E-state index in [4.69, 9.17) is 9.47 Å². The van der Waals surface area contributed by atoms with Gasteiger partial charge in [-0.15, -0.1) is 0 Å². The van der Waals surface area contributed by atoms with E-state index in [1.807, 2.05) is 36.4 Å². The first-order valence-corrected chi connectivity index (χ1v) is 7.43. The molecule has 3 heteroatoms. The Morgan fingerprint density at radius 1 is 0.955 bits per heavy atom. The molecule has 0 radical (unpaired) electrons. The molecule has 3 nitrogen and oxygen atoms in total. The van der Waals surface area contributed by atoms with Crippen LogP contribution in [0.3, 0.4) is 0 Å². The summed E-state index contributed by atoms with van der Waals surface area (Å²) in [5.41, 5.74) is 2.33. The van der Waals surface area contributed by atoms with E-state index in [1.54, 1.807) is 7.11 Å². The molecule has 0 aromatic heterocycles. The molecule has 0 amide bonds. The molecule has 1 unspecified atom stereocenters. The Morgan fingerprint density at radius 2 is 1.41 bits per heavy atom. The minimum Gasteiger partial charge on any atom is -0.497 e. The van der Waals surface area contributed by atoms with Crippen LogP contribution in [0.4, 0.5) is 0 Å². The fourth-order valence-corrected chi connectivity index (χ4v) is 2.59. The quantitative estimate of drug-likeness (QED) is 0.608. The number of ether oxygens (including phenoxy) is 2. The van der Waals surface area contributed by atoms with Crippen LogP contribution in [0.15, 0.2) is 48.5 Å². The SMILES string of the molecule is CCC(C)(c1ccc(OC)cc1)c1ccc(OC(C)=O)cc1. The van der Waals surface area contributed by atoms with Crippen LogP contribution in [-0.4, -0.2) is 13.1 Å². The molecule has 0 bridgehead atoms. The van der Waals surface area contributed by atoms with Crippen molar-refractivity contribution in [3.8, 4) is 11.5 Å². The Morgan fingerprint density at radius 3 is 1.77 bits per heavy atom. The van der Waals surface area contributed by atoms with E-state index in [-0.39, 0.29) is 11.4 Å². The normalized spacial score (nSPS) is 13.3. The van der Waals surface area contributed by atoms with Gasteiger partial charge >= 0.3 is 5.97 Å². The molecule has 0 heterocycles. The zero-order valence-corrected chi connectivity index (χ0v) is 13.6. The van der Waals surface area contributed by atoms with Crippen molar-refractivity contribution in [2.45, 2.75) is 32.6 Å². The molecule has 2 rings (SSSR count). The van der Waals surface area contributed by atoms with Crippen molar-refractivity contribution in [3.63, 3.8) is 0 Å². The van der Waals surface area contributed by atoms with Gasteiger partial charge < -0.3 is 9.47 Å². The minimum atomic E-state index is -0.304. The van der Waals surface area contributed by atoms with Gasteiger partial charge in [-0.2, -0.15) is 0 Å². The van der Waals surface area contributed by atoms with Crippen molar-refractivity contribution in [1.29, 1.82) is 0 Å². The van der Waals surface area contributed by atoms with Gasteiger partial charge in [-0.25, -0.2) is 0 Å². The van der Waals surface area contributed by atoms with E-state index >= 15 is 0 Å². The average molecular weight is 298 g/mol. The lowest BCUT2D eigenvalue weighted by Crippen LogP contribution is -2.22. The highest BCUT2D eigenvalue weighted by molar-refractivity contribution is 5.69. The molecule has 0 aliphatic carbocycles. The Labute approximate surface area is 131 Å². The van der Waals surface area contributed by atoms with Crippen LogP contribution < -0.4 is 9.47 Å². The molecule has 0 aliphatic heterocycles. The van der Waals surface area contributed by atoms with Crippen LogP contribution in [0.5, 0.6) is 11.5 Å². The fraction of sp³-hybridized carbons (Fsp3) is 0.316. The third kappa shape index (κ3) is 3.30. The van der Waals surface area contributed by atoms with E-state index in [2.05, 4.69) is 26.0 Å². The Balaban J connectivity index is 2.33. The van der Waals surface area contributed by atoms with Gasteiger partial charge in [0.1, 0.15) is 11.5 Å². The third-order valence-electron chi connectivity index (χ3n) is 4.19. The van der Waals surface area contributed by atoms with Crippen LogP contribution in [0.2, 0.25) is 0 Å². The molecule has 0 saturated heterocycles. The van der Waals surface area contributed by atoms with E-state index in [0.717, 1.165) is 12.2 Å². The Kier molecular flexibility index (Phi) is 4.86. The highest BCUT2D eigenvalue weighted by Gasteiger charge is 2.26. The number of esters is 1. The second-order valence-electron chi connectivity index (χ2n) is 5.53. The fourth-order valence-electron chi connectivity index (χ4n) is 2.59.